The largest absolute Gasteiger partial charge is 0.452 e. The number of hydrogen-bond donors (Lipinski definition) is 1. The standard InChI is InChI=1S/C16H19N3O5/c1-10(2)16(4,9-17)18-14(20)8-24-15(21)12-5-6-13(19(22)23)11(3)7-12/h5-7,10H,8H2,1-4H3,(H,18,20). The van der Waals surface area contributed by atoms with E-state index >= 15 is 0 Å². The molecular weight excluding hydrogens is 314 g/mol. The van der Waals surface area contributed by atoms with Crippen molar-refractivity contribution < 1.29 is 19.2 Å². The van der Waals surface area contributed by atoms with E-state index in [0.717, 1.165) is 0 Å². The minimum absolute atomic E-state index is 0.106. The minimum atomic E-state index is -1.06. The number of carbonyl (C=O) groups is 2. The summed E-state index contributed by atoms with van der Waals surface area (Å²) in [4.78, 5) is 33.9. The van der Waals surface area contributed by atoms with Gasteiger partial charge in [-0.1, -0.05) is 13.8 Å². The summed E-state index contributed by atoms with van der Waals surface area (Å²) >= 11 is 0. The van der Waals surface area contributed by atoms with E-state index in [9.17, 15) is 19.7 Å². The van der Waals surface area contributed by atoms with Gasteiger partial charge in [-0.2, -0.15) is 5.26 Å². The number of nitro benzene ring substituents is 1. The number of nitro groups is 1. The first-order valence-corrected chi connectivity index (χ1v) is 7.25. The highest BCUT2D eigenvalue weighted by Crippen LogP contribution is 2.19. The fraction of sp³-hybridized carbons (Fsp3) is 0.438. The summed E-state index contributed by atoms with van der Waals surface area (Å²) in [5.74, 6) is -1.49. The van der Waals surface area contributed by atoms with Gasteiger partial charge in [-0.3, -0.25) is 14.9 Å². The van der Waals surface area contributed by atoms with Crippen LogP contribution < -0.4 is 5.32 Å². The van der Waals surface area contributed by atoms with Crippen LogP contribution in [0.4, 0.5) is 5.69 Å². The second kappa shape index (κ2) is 7.55. The van der Waals surface area contributed by atoms with Gasteiger partial charge in [0.2, 0.25) is 0 Å². The van der Waals surface area contributed by atoms with Crippen LogP contribution in [0.1, 0.15) is 36.7 Å². The number of hydrogen-bond acceptors (Lipinski definition) is 6. The molecule has 0 aromatic heterocycles. The molecule has 128 valence electrons. The van der Waals surface area contributed by atoms with Gasteiger partial charge in [0.15, 0.2) is 6.61 Å². The van der Waals surface area contributed by atoms with Gasteiger partial charge in [-0.05, 0) is 31.9 Å². The molecule has 0 fully saturated rings. The number of aryl methyl sites for hydroxylation is 1. The molecule has 24 heavy (non-hydrogen) atoms. The summed E-state index contributed by atoms with van der Waals surface area (Å²) in [5, 5.41) is 22.4. The molecular formula is C16H19N3O5. The summed E-state index contributed by atoms with van der Waals surface area (Å²) in [7, 11) is 0. The van der Waals surface area contributed by atoms with Crippen molar-refractivity contribution in [2.24, 2.45) is 5.92 Å². The van der Waals surface area contributed by atoms with E-state index in [1.807, 2.05) is 6.07 Å². The number of rotatable bonds is 6. The molecule has 1 aromatic carbocycles. The molecule has 0 aliphatic rings. The Kier molecular flexibility index (Phi) is 6.01. The Bertz CT molecular complexity index is 708. The highest BCUT2D eigenvalue weighted by atomic mass is 16.6. The van der Waals surface area contributed by atoms with Crippen LogP contribution in [-0.4, -0.2) is 28.9 Å². The molecule has 1 unspecified atom stereocenters. The maximum atomic E-state index is 11.9. The Morgan fingerprint density at radius 3 is 2.54 bits per heavy atom. The molecule has 1 atom stereocenters. The lowest BCUT2D eigenvalue weighted by molar-refractivity contribution is -0.385. The fourth-order valence-corrected chi connectivity index (χ4v) is 1.83. The van der Waals surface area contributed by atoms with Gasteiger partial charge < -0.3 is 10.1 Å². The van der Waals surface area contributed by atoms with Gasteiger partial charge >= 0.3 is 5.97 Å². The first-order chi connectivity index (χ1) is 11.1. The number of nitrogens with zero attached hydrogens (tertiary/aromatic N) is 2. The van der Waals surface area contributed by atoms with Crippen molar-refractivity contribution in [1.29, 1.82) is 5.26 Å². The topological polar surface area (TPSA) is 122 Å². The van der Waals surface area contributed by atoms with E-state index in [1.165, 1.54) is 25.1 Å². The Labute approximate surface area is 139 Å². The molecule has 1 N–H and O–H groups in total. The number of nitriles is 1. The number of carbonyl (C=O) groups excluding carboxylic acids is 2. The number of esters is 1. The molecule has 8 nitrogen and oxygen atoms in total. The van der Waals surface area contributed by atoms with Crippen LogP contribution in [0.5, 0.6) is 0 Å². The van der Waals surface area contributed by atoms with Crippen LogP contribution in [0.2, 0.25) is 0 Å². The third-order valence-electron chi connectivity index (χ3n) is 3.75. The smallest absolute Gasteiger partial charge is 0.338 e. The van der Waals surface area contributed by atoms with Crippen LogP contribution in [0.15, 0.2) is 18.2 Å². The van der Waals surface area contributed by atoms with Crippen molar-refractivity contribution in [3.05, 3.63) is 39.4 Å². The van der Waals surface area contributed by atoms with Crippen LogP contribution in [-0.2, 0) is 9.53 Å². The number of benzene rings is 1. The quantitative estimate of drug-likeness (QED) is 0.483. The lowest BCUT2D eigenvalue weighted by atomic mass is 9.90. The van der Waals surface area contributed by atoms with Crippen LogP contribution in [0.25, 0.3) is 0 Å². The Morgan fingerprint density at radius 1 is 1.46 bits per heavy atom. The zero-order chi connectivity index (χ0) is 18.5. The average molecular weight is 333 g/mol. The summed E-state index contributed by atoms with van der Waals surface area (Å²) in [6.07, 6.45) is 0. The highest BCUT2D eigenvalue weighted by Gasteiger charge is 2.30. The normalized spacial score (nSPS) is 12.8. The van der Waals surface area contributed by atoms with Gasteiger partial charge in [-0.25, -0.2) is 4.79 Å². The highest BCUT2D eigenvalue weighted by molar-refractivity contribution is 5.92. The maximum Gasteiger partial charge on any atom is 0.338 e. The molecule has 8 heteroatoms. The molecule has 1 rings (SSSR count). The lowest BCUT2D eigenvalue weighted by Gasteiger charge is -2.27. The van der Waals surface area contributed by atoms with Gasteiger partial charge in [0.1, 0.15) is 5.54 Å². The zero-order valence-corrected chi connectivity index (χ0v) is 14.0. The van der Waals surface area contributed by atoms with E-state index in [-0.39, 0.29) is 17.2 Å². The SMILES string of the molecule is Cc1cc(C(=O)OCC(=O)NC(C)(C#N)C(C)C)ccc1[N+](=O)[O-]. The summed E-state index contributed by atoms with van der Waals surface area (Å²) in [6, 6.07) is 5.81. The Morgan fingerprint density at radius 2 is 2.08 bits per heavy atom. The molecule has 0 aliphatic heterocycles. The number of ether oxygens (including phenoxy) is 1. The first kappa shape index (κ1) is 19.1. The van der Waals surface area contributed by atoms with Gasteiger partial charge in [-0.15, -0.1) is 0 Å². The second-order valence-corrected chi connectivity index (χ2v) is 5.85. The average Bonchev–Trinajstić information content (AvgIpc) is 2.51. The van der Waals surface area contributed by atoms with E-state index in [0.29, 0.717) is 5.56 Å². The van der Waals surface area contributed by atoms with E-state index in [1.54, 1.807) is 20.8 Å². The molecule has 0 radical (unpaired) electrons. The molecule has 0 bridgehead atoms. The Balaban J connectivity index is 2.70. The second-order valence-electron chi connectivity index (χ2n) is 5.85. The molecule has 0 saturated heterocycles. The zero-order valence-electron chi connectivity index (χ0n) is 14.0. The van der Waals surface area contributed by atoms with E-state index < -0.39 is 28.9 Å². The number of nitrogens with one attached hydrogen (secondary N) is 1. The van der Waals surface area contributed by atoms with Crippen molar-refractivity contribution in [2.45, 2.75) is 33.2 Å². The van der Waals surface area contributed by atoms with Crippen LogP contribution >= 0.6 is 0 Å². The molecule has 0 saturated carbocycles. The van der Waals surface area contributed by atoms with Crippen molar-refractivity contribution >= 4 is 17.6 Å². The van der Waals surface area contributed by atoms with Crippen molar-refractivity contribution in [3.8, 4) is 6.07 Å². The predicted molar refractivity (Wildman–Crippen MR) is 85.1 cm³/mol. The van der Waals surface area contributed by atoms with Crippen LogP contribution in [0, 0.1) is 34.3 Å². The van der Waals surface area contributed by atoms with Crippen molar-refractivity contribution in [2.75, 3.05) is 6.61 Å². The van der Waals surface area contributed by atoms with Gasteiger partial charge in [0.25, 0.3) is 11.6 Å². The minimum Gasteiger partial charge on any atom is -0.452 e. The third kappa shape index (κ3) is 4.52. The van der Waals surface area contributed by atoms with Gasteiger partial charge in [0, 0.05) is 11.6 Å². The predicted octanol–water partition coefficient (Wildman–Crippen LogP) is 2.11. The molecule has 0 spiro atoms. The maximum absolute atomic E-state index is 11.9. The van der Waals surface area contributed by atoms with E-state index in [4.69, 9.17) is 10.00 Å². The summed E-state index contributed by atoms with van der Waals surface area (Å²) in [5.41, 5.74) is -0.743. The number of amides is 1. The van der Waals surface area contributed by atoms with Crippen molar-refractivity contribution in [3.63, 3.8) is 0 Å². The molecule has 1 aromatic rings. The third-order valence-corrected chi connectivity index (χ3v) is 3.75. The first-order valence-electron chi connectivity index (χ1n) is 7.25. The monoisotopic (exact) mass is 333 g/mol. The Hall–Kier alpha value is -2.95. The van der Waals surface area contributed by atoms with E-state index in [2.05, 4.69) is 5.32 Å². The molecule has 0 aliphatic carbocycles. The molecule has 0 heterocycles. The molecule has 1 amide bonds. The van der Waals surface area contributed by atoms with Gasteiger partial charge in [0.05, 0.1) is 16.6 Å². The lowest BCUT2D eigenvalue weighted by Crippen LogP contribution is -2.50. The van der Waals surface area contributed by atoms with Crippen molar-refractivity contribution in [1.82, 2.24) is 5.32 Å². The summed E-state index contributed by atoms with van der Waals surface area (Å²) in [6.45, 7) is 6.11. The summed E-state index contributed by atoms with van der Waals surface area (Å²) < 4.78 is 4.89. The fourth-order valence-electron chi connectivity index (χ4n) is 1.83. The van der Waals surface area contributed by atoms with Crippen LogP contribution in [0.3, 0.4) is 0 Å².